The molecule has 0 spiro atoms. The summed E-state index contributed by atoms with van der Waals surface area (Å²) in [7, 11) is -4.58. The van der Waals surface area contributed by atoms with Gasteiger partial charge in [0, 0.05) is 18.9 Å². The third kappa shape index (κ3) is 5.98. The molecule has 3 fully saturated rings. The molecule has 3 nitrogen and oxygen atoms in total. The van der Waals surface area contributed by atoms with E-state index in [9.17, 15) is 4.79 Å². The number of fused-ring (bicyclic) bond motifs is 3. The van der Waals surface area contributed by atoms with E-state index < -0.39 is 16.6 Å². The Labute approximate surface area is 283 Å². The maximum absolute atomic E-state index is 14.4. The van der Waals surface area contributed by atoms with Gasteiger partial charge in [0.1, 0.15) is 5.78 Å². The fourth-order valence-electron chi connectivity index (χ4n) is 10.2. The van der Waals surface area contributed by atoms with Crippen molar-refractivity contribution in [3.8, 4) is 0 Å². The fourth-order valence-corrected chi connectivity index (χ4v) is 16.3. The average Bonchev–Trinajstić information content (AvgIpc) is 2.96. The fraction of sp³-hybridized carbons (Fsp3) is 0.683. The summed E-state index contributed by atoms with van der Waals surface area (Å²) >= 11 is 0. The van der Waals surface area contributed by atoms with Crippen LogP contribution in [0.15, 0.2) is 60.7 Å². The lowest BCUT2D eigenvalue weighted by atomic mass is 9.42. The molecule has 2 aromatic rings. The van der Waals surface area contributed by atoms with Crippen molar-refractivity contribution in [1.29, 1.82) is 0 Å². The molecule has 2 aromatic carbocycles. The Hall–Kier alpha value is -1.54. The van der Waals surface area contributed by atoms with Gasteiger partial charge in [0.15, 0.2) is 8.32 Å². The molecule has 0 bridgehead atoms. The molecule has 3 aliphatic rings. The van der Waals surface area contributed by atoms with E-state index in [1.165, 1.54) is 29.6 Å². The van der Waals surface area contributed by atoms with Gasteiger partial charge in [-0.1, -0.05) is 130 Å². The Morgan fingerprint density at radius 1 is 0.804 bits per heavy atom. The standard InChI is InChI=1S/C41H64O3Si2/c1-29-32-23-24-36-40(8,9)37(44-45(11,12)38(2,3)4)25-26-41(36,10)34(32)27-35(42)33(29)28-43-46(39(5,6)7,30-19-15-13-16-20-30)31-21-17-14-18-22-31/h13-22,29,32-34,36-37H,23-28H2,1-12H3/t29-,32+,33?,34+,36+,37+,41-/m0/s1. The minimum Gasteiger partial charge on any atom is -0.413 e. The number of carbonyl (C=O) groups is 1. The van der Waals surface area contributed by atoms with Crippen LogP contribution in [0.5, 0.6) is 0 Å². The molecule has 0 heterocycles. The van der Waals surface area contributed by atoms with Gasteiger partial charge in [-0.2, -0.15) is 0 Å². The topological polar surface area (TPSA) is 35.5 Å². The number of carbonyl (C=O) groups excluding carboxylic acids is 1. The molecule has 7 atom stereocenters. The molecule has 0 saturated heterocycles. The molecule has 0 aromatic heterocycles. The van der Waals surface area contributed by atoms with Gasteiger partial charge in [0.2, 0.25) is 0 Å². The predicted molar refractivity (Wildman–Crippen MR) is 199 cm³/mol. The zero-order valence-corrected chi connectivity index (χ0v) is 33.2. The monoisotopic (exact) mass is 660 g/mol. The lowest BCUT2D eigenvalue weighted by molar-refractivity contribution is -0.172. The molecule has 0 N–H and O–H groups in total. The molecular weight excluding hydrogens is 597 g/mol. The van der Waals surface area contributed by atoms with Crippen molar-refractivity contribution < 1.29 is 13.6 Å². The lowest BCUT2D eigenvalue weighted by Gasteiger charge is -2.64. The Morgan fingerprint density at radius 3 is 1.85 bits per heavy atom. The Kier molecular flexibility index (Phi) is 9.65. The van der Waals surface area contributed by atoms with E-state index in [4.69, 9.17) is 8.85 Å². The van der Waals surface area contributed by atoms with Crippen LogP contribution in [0.2, 0.25) is 23.2 Å². The summed E-state index contributed by atoms with van der Waals surface area (Å²) in [6, 6.07) is 21.7. The summed E-state index contributed by atoms with van der Waals surface area (Å²) in [6.07, 6.45) is 5.74. The first-order valence-corrected chi connectivity index (χ1v) is 23.0. The van der Waals surface area contributed by atoms with Crippen LogP contribution in [0.25, 0.3) is 0 Å². The van der Waals surface area contributed by atoms with Crippen molar-refractivity contribution in [2.45, 2.75) is 131 Å². The zero-order chi connectivity index (χ0) is 33.9. The molecular formula is C41H64O3Si2. The van der Waals surface area contributed by atoms with Crippen molar-refractivity contribution in [1.82, 2.24) is 0 Å². The largest absolute Gasteiger partial charge is 0.413 e. The van der Waals surface area contributed by atoms with Crippen LogP contribution in [-0.4, -0.2) is 35.1 Å². The summed E-state index contributed by atoms with van der Waals surface area (Å²) in [5, 5.41) is 2.68. The number of benzene rings is 2. The smallest absolute Gasteiger partial charge is 0.261 e. The van der Waals surface area contributed by atoms with E-state index in [1.807, 2.05) is 0 Å². The molecule has 0 amide bonds. The minimum absolute atomic E-state index is 0.0469. The summed E-state index contributed by atoms with van der Waals surface area (Å²) in [5.74, 6) is 2.31. The van der Waals surface area contributed by atoms with Crippen LogP contribution in [0.1, 0.15) is 101 Å². The number of Topliss-reactive ketones (excluding diaryl/α,β-unsaturated/α-hetero) is 1. The van der Waals surface area contributed by atoms with Crippen LogP contribution in [0, 0.1) is 40.4 Å². The highest BCUT2D eigenvalue weighted by atomic mass is 28.4. The van der Waals surface area contributed by atoms with Crippen LogP contribution in [0.3, 0.4) is 0 Å². The van der Waals surface area contributed by atoms with E-state index in [1.54, 1.807) is 0 Å². The van der Waals surface area contributed by atoms with E-state index in [0.29, 0.717) is 48.6 Å². The highest BCUT2D eigenvalue weighted by Gasteiger charge is 2.62. The second-order valence-electron chi connectivity index (χ2n) is 18.7. The lowest BCUT2D eigenvalue weighted by Crippen LogP contribution is -2.67. The van der Waals surface area contributed by atoms with Gasteiger partial charge in [-0.25, -0.2) is 0 Å². The maximum atomic E-state index is 14.4. The molecule has 5 rings (SSSR count). The first-order chi connectivity index (χ1) is 21.3. The average molecular weight is 661 g/mol. The van der Waals surface area contributed by atoms with Crippen LogP contribution in [-0.2, 0) is 13.6 Å². The van der Waals surface area contributed by atoms with E-state index >= 15 is 0 Å². The van der Waals surface area contributed by atoms with Gasteiger partial charge in [-0.3, -0.25) is 4.79 Å². The van der Waals surface area contributed by atoms with Crippen molar-refractivity contribution >= 4 is 32.8 Å². The van der Waals surface area contributed by atoms with Crippen LogP contribution in [0.4, 0.5) is 0 Å². The summed E-state index contributed by atoms with van der Waals surface area (Å²) in [6.45, 7) is 29.3. The van der Waals surface area contributed by atoms with E-state index in [2.05, 4.69) is 143 Å². The summed E-state index contributed by atoms with van der Waals surface area (Å²) in [4.78, 5) is 14.4. The first kappa shape index (κ1) is 35.8. The molecule has 3 saturated carbocycles. The molecule has 46 heavy (non-hydrogen) atoms. The predicted octanol–water partition coefficient (Wildman–Crippen LogP) is 9.65. The Morgan fingerprint density at radius 2 is 1.35 bits per heavy atom. The van der Waals surface area contributed by atoms with Crippen molar-refractivity contribution in [2.75, 3.05) is 6.61 Å². The SMILES string of the molecule is C[C@@H]1C(CO[Si](c2ccccc2)(c2ccccc2)C(C)(C)C)C(=O)C[C@@H]2[C@@H]1CC[C@@H]1C(C)(C)[C@H](O[Si](C)(C)C(C)(C)C)CC[C@@]21C. The maximum Gasteiger partial charge on any atom is 0.261 e. The summed E-state index contributed by atoms with van der Waals surface area (Å²) < 4.78 is 14.6. The highest BCUT2D eigenvalue weighted by Crippen LogP contribution is 2.65. The third-order valence-corrected chi connectivity index (χ3v) is 23.4. The Balaban J connectivity index is 1.40. The van der Waals surface area contributed by atoms with Crippen LogP contribution >= 0.6 is 0 Å². The number of ketones is 1. The van der Waals surface area contributed by atoms with Gasteiger partial charge >= 0.3 is 0 Å². The minimum atomic E-state index is -2.70. The van der Waals surface area contributed by atoms with E-state index in [-0.39, 0.29) is 26.8 Å². The van der Waals surface area contributed by atoms with Gasteiger partial charge in [-0.05, 0) is 93.7 Å². The van der Waals surface area contributed by atoms with Crippen LogP contribution < -0.4 is 10.4 Å². The normalized spacial score (nSPS) is 32.0. The second kappa shape index (κ2) is 12.4. The zero-order valence-electron chi connectivity index (χ0n) is 31.2. The molecule has 254 valence electrons. The third-order valence-electron chi connectivity index (χ3n) is 13.9. The molecule has 0 aliphatic heterocycles. The molecule has 5 heteroatoms. The molecule has 1 unspecified atom stereocenters. The number of rotatable bonds is 7. The van der Waals surface area contributed by atoms with Gasteiger partial charge in [-0.15, -0.1) is 0 Å². The van der Waals surface area contributed by atoms with Crippen molar-refractivity contribution in [3.63, 3.8) is 0 Å². The molecule has 3 aliphatic carbocycles. The first-order valence-electron chi connectivity index (χ1n) is 18.2. The highest BCUT2D eigenvalue weighted by molar-refractivity contribution is 6.99. The number of hydrogen-bond acceptors (Lipinski definition) is 3. The van der Waals surface area contributed by atoms with Gasteiger partial charge in [0.05, 0.1) is 6.10 Å². The quantitative estimate of drug-likeness (QED) is 0.278. The van der Waals surface area contributed by atoms with Gasteiger partial charge < -0.3 is 8.85 Å². The number of hydrogen-bond donors (Lipinski definition) is 0. The Bertz CT molecular complexity index is 1320. The van der Waals surface area contributed by atoms with Crippen molar-refractivity contribution in [2.24, 2.45) is 40.4 Å². The molecule has 0 radical (unpaired) electrons. The van der Waals surface area contributed by atoms with Crippen molar-refractivity contribution in [3.05, 3.63) is 60.7 Å². The summed E-state index contributed by atoms with van der Waals surface area (Å²) in [5.41, 5.74) is 0.274. The van der Waals surface area contributed by atoms with Gasteiger partial charge in [0.25, 0.3) is 8.32 Å². The van der Waals surface area contributed by atoms with E-state index in [0.717, 1.165) is 6.42 Å². The second-order valence-corrected chi connectivity index (χ2v) is 27.8.